The summed E-state index contributed by atoms with van der Waals surface area (Å²) in [6.07, 6.45) is 1.04. The number of aliphatic imine (C=N–C) groups is 1. The van der Waals surface area contributed by atoms with E-state index < -0.39 is 0 Å². The van der Waals surface area contributed by atoms with Crippen molar-refractivity contribution in [2.24, 2.45) is 4.99 Å². The molecule has 50 heavy (non-hydrogen) atoms. The van der Waals surface area contributed by atoms with Crippen molar-refractivity contribution in [1.82, 2.24) is 9.13 Å². The Morgan fingerprint density at radius 2 is 1.12 bits per heavy atom. The number of aromatic nitrogens is 2. The molecule has 0 amide bonds. The molecule has 7 aromatic carbocycles. The second-order valence-electron chi connectivity index (χ2n) is 13.8. The number of nitrogens with zero attached hydrogens (tertiary/aromatic N) is 3. The van der Waals surface area contributed by atoms with Gasteiger partial charge in [-0.3, -0.25) is 4.57 Å². The van der Waals surface area contributed by atoms with Crippen LogP contribution in [0.4, 0.5) is 5.69 Å². The number of benzene rings is 7. The Bertz CT molecular complexity index is 2850. The first-order valence-corrected chi connectivity index (χ1v) is 17.7. The van der Waals surface area contributed by atoms with Gasteiger partial charge >= 0.3 is 0 Å². The summed E-state index contributed by atoms with van der Waals surface area (Å²) < 4.78 is 4.89. The lowest BCUT2D eigenvalue weighted by molar-refractivity contribution is 0.617. The summed E-state index contributed by atoms with van der Waals surface area (Å²) in [5.41, 5.74) is 14.9. The molecule has 0 aliphatic carbocycles. The zero-order valence-corrected chi connectivity index (χ0v) is 27.7. The summed E-state index contributed by atoms with van der Waals surface area (Å²) in [7, 11) is 0. The predicted molar refractivity (Wildman–Crippen MR) is 209 cm³/mol. The summed E-state index contributed by atoms with van der Waals surface area (Å²) in [4.78, 5) is 5.54. The third kappa shape index (κ3) is 3.78. The van der Waals surface area contributed by atoms with Crippen molar-refractivity contribution in [2.75, 3.05) is 0 Å². The molecule has 0 saturated carbocycles. The Labute approximate surface area is 290 Å². The van der Waals surface area contributed by atoms with Crippen LogP contribution in [0.25, 0.3) is 71.6 Å². The van der Waals surface area contributed by atoms with Crippen molar-refractivity contribution in [3.05, 3.63) is 169 Å². The van der Waals surface area contributed by atoms with Crippen molar-refractivity contribution < 1.29 is 0 Å². The highest BCUT2D eigenvalue weighted by Crippen LogP contribution is 2.53. The van der Waals surface area contributed by atoms with E-state index in [9.17, 15) is 0 Å². The van der Waals surface area contributed by atoms with Crippen molar-refractivity contribution >= 4 is 55.1 Å². The molecule has 2 aliphatic heterocycles. The maximum absolute atomic E-state index is 5.54. The van der Waals surface area contributed by atoms with Gasteiger partial charge in [-0.25, -0.2) is 4.99 Å². The number of fused-ring (bicyclic) bond motifs is 10. The van der Waals surface area contributed by atoms with Gasteiger partial charge in [0, 0.05) is 27.2 Å². The van der Waals surface area contributed by atoms with Crippen LogP contribution in [0.15, 0.2) is 163 Å². The van der Waals surface area contributed by atoms with Gasteiger partial charge in [0.1, 0.15) is 5.84 Å². The van der Waals surface area contributed by atoms with Gasteiger partial charge in [0.2, 0.25) is 0 Å². The summed E-state index contributed by atoms with van der Waals surface area (Å²) in [6, 6.07) is 57.9. The SMILES string of the molecule is CCC1c2ccc(-c3ccccc3)cc2N=C2C1c1cc(-c3ccc4c5ccccc5n(-c5ccccc5)c4c3)cc3c4ccccc4n2c13. The van der Waals surface area contributed by atoms with E-state index >= 15 is 0 Å². The van der Waals surface area contributed by atoms with E-state index in [2.05, 4.69) is 174 Å². The first-order chi connectivity index (χ1) is 24.8. The maximum Gasteiger partial charge on any atom is 0.122 e. The topological polar surface area (TPSA) is 22.2 Å². The van der Waals surface area contributed by atoms with Crippen molar-refractivity contribution in [1.29, 1.82) is 0 Å². The third-order valence-corrected chi connectivity index (χ3v) is 11.3. The smallest absolute Gasteiger partial charge is 0.122 e. The predicted octanol–water partition coefficient (Wildman–Crippen LogP) is 12.4. The largest absolute Gasteiger partial charge is 0.309 e. The van der Waals surface area contributed by atoms with Crippen LogP contribution in [-0.4, -0.2) is 15.0 Å². The first-order valence-electron chi connectivity index (χ1n) is 17.7. The van der Waals surface area contributed by atoms with E-state index in [-0.39, 0.29) is 5.92 Å². The Balaban J connectivity index is 1.15. The van der Waals surface area contributed by atoms with E-state index in [4.69, 9.17) is 4.99 Å². The van der Waals surface area contributed by atoms with Crippen LogP contribution in [-0.2, 0) is 0 Å². The Morgan fingerprint density at radius 3 is 1.90 bits per heavy atom. The molecule has 0 fully saturated rings. The average Bonchev–Trinajstić information content (AvgIpc) is 3.81. The molecule has 0 spiro atoms. The quantitative estimate of drug-likeness (QED) is 0.183. The molecule has 2 unspecified atom stereocenters. The first kappa shape index (κ1) is 27.7. The van der Waals surface area contributed by atoms with Gasteiger partial charge < -0.3 is 4.57 Å². The summed E-state index contributed by atoms with van der Waals surface area (Å²) in [6.45, 7) is 2.34. The van der Waals surface area contributed by atoms with Crippen LogP contribution >= 0.6 is 0 Å². The van der Waals surface area contributed by atoms with Gasteiger partial charge in [0.05, 0.1) is 33.7 Å². The fraction of sp³-hybridized carbons (Fsp3) is 0.0851. The van der Waals surface area contributed by atoms with Gasteiger partial charge in [0.25, 0.3) is 0 Å². The molecule has 0 bridgehead atoms. The highest BCUT2D eigenvalue weighted by molar-refractivity contribution is 6.22. The fourth-order valence-corrected chi connectivity index (χ4v) is 9.09. The Morgan fingerprint density at radius 1 is 0.480 bits per heavy atom. The van der Waals surface area contributed by atoms with Gasteiger partial charge in [-0.2, -0.15) is 0 Å². The van der Waals surface area contributed by atoms with Crippen LogP contribution in [0.3, 0.4) is 0 Å². The van der Waals surface area contributed by atoms with E-state index in [0.29, 0.717) is 5.92 Å². The van der Waals surface area contributed by atoms with Gasteiger partial charge in [-0.15, -0.1) is 0 Å². The minimum atomic E-state index is 0.191. The summed E-state index contributed by atoms with van der Waals surface area (Å²) in [5.74, 6) is 1.69. The lowest BCUT2D eigenvalue weighted by Crippen LogP contribution is -2.24. The second kappa shape index (κ2) is 10.4. The zero-order chi connectivity index (χ0) is 32.9. The van der Waals surface area contributed by atoms with Gasteiger partial charge in [-0.05, 0) is 94.3 Å². The number of hydrogen-bond acceptors (Lipinski definition) is 1. The monoisotopic (exact) mass is 639 g/mol. The normalized spacial score (nSPS) is 16.3. The molecule has 0 saturated heterocycles. The summed E-state index contributed by atoms with van der Waals surface area (Å²) >= 11 is 0. The van der Waals surface area contributed by atoms with Crippen LogP contribution in [0, 0.1) is 0 Å². The van der Waals surface area contributed by atoms with Crippen molar-refractivity contribution in [3.8, 4) is 27.9 Å². The molecule has 9 aromatic rings. The minimum absolute atomic E-state index is 0.191. The highest BCUT2D eigenvalue weighted by Gasteiger charge is 2.42. The standard InChI is InChI=1S/C47H33N3/c1-2-34-35-23-21-30(29-13-5-3-6-14-29)27-41(35)48-47-45(34)40-26-32(25-39-37-18-10-12-20-43(37)50(47)46(39)40)31-22-24-38-36-17-9-11-19-42(36)49(44(38)28-31)33-15-7-4-8-16-33/h3-28,34,45H,2H2,1H3. The highest BCUT2D eigenvalue weighted by atomic mass is 15.1. The molecule has 0 radical (unpaired) electrons. The molecule has 2 aliphatic rings. The molecule has 236 valence electrons. The Kier molecular flexibility index (Phi) is 5.77. The molecule has 2 aromatic heterocycles. The second-order valence-corrected chi connectivity index (χ2v) is 13.8. The number of rotatable bonds is 4. The Hall–Kier alpha value is -6.19. The maximum atomic E-state index is 5.54. The molecule has 4 heterocycles. The average molecular weight is 640 g/mol. The molecular formula is C47H33N3. The molecule has 11 rings (SSSR count). The fourth-order valence-electron chi connectivity index (χ4n) is 9.09. The van der Waals surface area contributed by atoms with Crippen molar-refractivity contribution in [2.45, 2.75) is 25.2 Å². The van der Waals surface area contributed by atoms with Crippen molar-refractivity contribution in [3.63, 3.8) is 0 Å². The van der Waals surface area contributed by atoms with Crippen LogP contribution in [0.5, 0.6) is 0 Å². The molecule has 2 atom stereocenters. The third-order valence-electron chi connectivity index (χ3n) is 11.3. The van der Waals surface area contributed by atoms with E-state index in [1.54, 1.807) is 0 Å². The molecule has 0 N–H and O–H groups in total. The molecule has 3 heteroatoms. The minimum Gasteiger partial charge on any atom is -0.309 e. The lowest BCUT2D eigenvalue weighted by atomic mass is 9.76. The van der Waals surface area contributed by atoms with Crippen LogP contribution < -0.4 is 0 Å². The molecular weight excluding hydrogens is 607 g/mol. The molecule has 3 nitrogen and oxygen atoms in total. The van der Waals surface area contributed by atoms with Crippen LogP contribution in [0.2, 0.25) is 0 Å². The van der Waals surface area contributed by atoms with Crippen LogP contribution in [0.1, 0.15) is 36.3 Å². The van der Waals surface area contributed by atoms with E-state index in [1.165, 1.54) is 82.7 Å². The van der Waals surface area contributed by atoms with E-state index in [1.807, 2.05) is 0 Å². The lowest BCUT2D eigenvalue weighted by Gasteiger charge is -2.30. The van der Waals surface area contributed by atoms with Gasteiger partial charge in [-0.1, -0.05) is 116 Å². The van der Waals surface area contributed by atoms with Gasteiger partial charge in [0.15, 0.2) is 0 Å². The number of hydrogen-bond donors (Lipinski definition) is 0. The zero-order valence-electron chi connectivity index (χ0n) is 27.7. The summed E-state index contributed by atoms with van der Waals surface area (Å²) in [5, 5.41) is 5.13. The number of para-hydroxylation sites is 3. The van der Waals surface area contributed by atoms with E-state index in [0.717, 1.165) is 17.9 Å².